The van der Waals surface area contributed by atoms with Crippen molar-refractivity contribution in [1.82, 2.24) is 29.3 Å². The highest BCUT2D eigenvalue weighted by Crippen LogP contribution is 2.27. The number of fused-ring (bicyclic) bond motifs is 1. The number of rotatable bonds is 7. The lowest BCUT2D eigenvalue weighted by Crippen LogP contribution is -2.44. The molecular weight excluding hydrogens is 428 g/mol. The van der Waals surface area contributed by atoms with Crippen molar-refractivity contribution in [1.29, 1.82) is 0 Å². The average molecular weight is 465 g/mol. The van der Waals surface area contributed by atoms with Gasteiger partial charge in [-0.05, 0) is 45.2 Å². The lowest BCUT2D eigenvalue weighted by Gasteiger charge is -2.34. The monoisotopic (exact) mass is 464 g/mol. The summed E-state index contributed by atoms with van der Waals surface area (Å²) in [6.07, 6.45) is 1.87. The third-order valence-corrected chi connectivity index (χ3v) is 6.80. The van der Waals surface area contributed by atoms with E-state index in [0.717, 1.165) is 93.9 Å². The molecule has 0 saturated carbocycles. The van der Waals surface area contributed by atoms with Crippen LogP contribution in [-0.2, 0) is 4.74 Å². The first-order valence-corrected chi connectivity index (χ1v) is 12.4. The van der Waals surface area contributed by atoms with Crippen LogP contribution in [0.4, 0.5) is 11.5 Å². The summed E-state index contributed by atoms with van der Waals surface area (Å²) >= 11 is 0. The van der Waals surface area contributed by atoms with Crippen molar-refractivity contribution in [2.75, 3.05) is 82.8 Å². The van der Waals surface area contributed by atoms with E-state index >= 15 is 0 Å². The summed E-state index contributed by atoms with van der Waals surface area (Å²) in [5.41, 5.74) is 3.98. The predicted octanol–water partition coefficient (Wildman–Crippen LogP) is 2.57. The van der Waals surface area contributed by atoms with Crippen molar-refractivity contribution in [3.05, 3.63) is 30.6 Å². The molecule has 5 rings (SSSR count). The second kappa shape index (κ2) is 10.2. The van der Waals surface area contributed by atoms with Gasteiger partial charge in [0.1, 0.15) is 5.52 Å². The van der Waals surface area contributed by atoms with Gasteiger partial charge in [0.2, 0.25) is 0 Å². The standard InChI is InChI=1S/C25H36N8O/c1-19(2)33-18-27-22-24(26-8-9-31-14-16-34-17-15-31)28-23(29-25(22)33)20-4-6-21(7-5-20)32-12-10-30(3)11-13-32/h4-7,18-19H,8-17H2,1-3H3,(H,26,28,29). The van der Waals surface area contributed by atoms with E-state index in [4.69, 9.17) is 14.7 Å². The topological polar surface area (TPSA) is 74.6 Å². The molecule has 34 heavy (non-hydrogen) atoms. The Morgan fingerprint density at radius 2 is 1.71 bits per heavy atom. The van der Waals surface area contributed by atoms with Gasteiger partial charge in [-0.15, -0.1) is 0 Å². The highest BCUT2D eigenvalue weighted by atomic mass is 16.5. The molecule has 0 amide bonds. The molecule has 0 atom stereocenters. The fourth-order valence-electron chi connectivity index (χ4n) is 4.59. The lowest BCUT2D eigenvalue weighted by molar-refractivity contribution is 0.0398. The average Bonchev–Trinajstić information content (AvgIpc) is 3.30. The zero-order chi connectivity index (χ0) is 23.5. The van der Waals surface area contributed by atoms with Gasteiger partial charge in [0, 0.05) is 69.7 Å². The molecule has 0 aliphatic carbocycles. The summed E-state index contributed by atoms with van der Waals surface area (Å²) < 4.78 is 7.58. The van der Waals surface area contributed by atoms with Crippen LogP contribution < -0.4 is 10.2 Å². The van der Waals surface area contributed by atoms with Crippen molar-refractivity contribution in [3.8, 4) is 11.4 Å². The van der Waals surface area contributed by atoms with Gasteiger partial charge in [-0.2, -0.15) is 0 Å². The fraction of sp³-hybridized carbons (Fsp3) is 0.560. The minimum atomic E-state index is 0.272. The van der Waals surface area contributed by atoms with Crippen molar-refractivity contribution in [2.24, 2.45) is 0 Å². The van der Waals surface area contributed by atoms with Crippen LogP contribution in [0.2, 0.25) is 0 Å². The Kier molecular flexibility index (Phi) is 6.94. The molecule has 9 nitrogen and oxygen atoms in total. The molecule has 2 aliphatic rings. The molecule has 9 heteroatoms. The van der Waals surface area contributed by atoms with Crippen LogP contribution in [0.15, 0.2) is 30.6 Å². The minimum absolute atomic E-state index is 0.272. The molecule has 0 unspecified atom stereocenters. The molecule has 0 radical (unpaired) electrons. The minimum Gasteiger partial charge on any atom is -0.379 e. The van der Waals surface area contributed by atoms with Crippen LogP contribution in [0, 0.1) is 0 Å². The molecule has 1 N–H and O–H groups in total. The second-order valence-electron chi connectivity index (χ2n) is 9.53. The van der Waals surface area contributed by atoms with E-state index in [-0.39, 0.29) is 6.04 Å². The number of hydrogen-bond donors (Lipinski definition) is 1. The van der Waals surface area contributed by atoms with E-state index in [1.807, 2.05) is 6.33 Å². The SMILES string of the molecule is CC(C)n1cnc2c(NCCN3CCOCC3)nc(-c3ccc(N4CCN(C)CC4)cc3)nc21. The first-order valence-electron chi connectivity index (χ1n) is 12.4. The molecule has 0 bridgehead atoms. The molecule has 3 aromatic rings. The van der Waals surface area contributed by atoms with Crippen LogP contribution in [0.25, 0.3) is 22.6 Å². The highest BCUT2D eigenvalue weighted by Gasteiger charge is 2.18. The van der Waals surface area contributed by atoms with Crippen molar-refractivity contribution in [2.45, 2.75) is 19.9 Å². The number of morpholine rings is 1. The largest absolute Gasteiger partial charge is 0.379 e. The number of nitrogens with zero attached hydrogens (tertiary/aromatic N) is 7. The Balaban J connectivity index is 1.39. The highest BCUT2D eigenvalue weighted by molar-refractivity contribution is 5.85. The third-order valence-electron chi connectivity index (χ3n) is 6.80. The quantitative estimate of drug-likeness (QED) is 0.572. The van der Waals surface area contributed by atoms with Crippen LogP contribution in [0.3, 0.4) is 0 Å². The summed E-state index contributed by atoms with van der Waals surface area (Å²) in [5.74, 6) is 1.53. The molecule has 1 aromatic carbocycles. The molecular formula is C25H36N8O. The van der Waals surface area contributed by atoms with Crippen molar-refractivity contribution >= 4 is 22.7 Å². The molecule has 2 saturated heterocycles. The number of imidazole rings is 1. The maximum atomic E-state index is 5.46. The normalized spacial score (nSPS) is 18.2. The van der Waals surface area contributed by atoms with Gasteiger partial charge in [-0.25, -0.2) is 15.0 Å². The summed E-state index contributed by atoms with van der Waals surface area (Å²) in [6.45, 7) is 14.0. The Morgan fingerprint density at radius 3 is 2.41 bits per heavy atom. The number of hydrogen-bond acceptors (Lipinski definition) is 8. The van der Waals surface area contributed by atoms with E-state index in [1.165, 1.54) is 5.69 Å². The molecule has 2 aromatic heterocycles. The first-order chi connectivity index (χ1) is 16.6. The van der Waals surface area contributed by atoms with Gasteiger partial charge in [-0.3, -0.25) is 4.90 Å². The number of ether oxygens (including phenoxy) is 1. The number of nitrogens with one attached hydrogen (secondary N) is 1. The Morgan fingerprint density at radius 1 is 0.971 bits per heavy atom. The molecule has 4 heterocycles. The van der Waals surface area contributed by atoms with Crippen LogP contribution in [0.1, 0.15) is 19.9 Å². The van der Waals surface area contributed by atoms with E-state index in [2.05, 4.69) is 74.7 Å². The summed E-state index contributed by atoms with van der Waals surface area (Å²) in [4.78, 5) is 21.7. The molecule has 2 aliphatic heterocycles. The number of benzene rings is 1. The number of aromatic nitrogens is 4. The van der Waals surface area contributed by atoms with Crippen molar-refractivity contribution in [3.63, 3.8) is 0 Å². The zero-order valence-corrected chi connectivity index (χ0v) is 20.6. The van der Waals surface area contributed by atoms with E-state index < -0.39 is 0 Å². The number of likely N-dealkylation sites (N-methyl/N-ethyl adjacent to an activating group) is 1. The molecule has 182 valence electrons. The Labute approximate surface area is 201 Å². The maximum Gasteiger partial charge on any atom is 0.166 e. The zero-order valence-electron chi connectivity index (χ0n) is 20.6. The van der Waals surface area contributed by atoms with Gasteiger partial charge in [-0.1, -0.05) is 0 Å². The second-order valence-corrected chi connectivity index (χ2v) is 9.53. The van der Waals surface area contributed by atoms with E-state index in [1.54, 1.807) is 0 Å². The molecule has 0 spiro atoms. The predicted molar refractivity (Wildman–Crippen MR) is 137 cm³/mol. The van der Waals surface area contributed by atoms with Gasteiger partial charge >= 0.3 is 0 Å². The van der Waals surface area contributed by atoms with Gasteiger partial charge in [0.05, 0.1) is 19.5 Å². The number of piperazine rings is 1. The van der Waals surface area contributed by atoms with Crippen LogP contribution in [0.5, 0.6) is 0 Å². The van der Waals surface area contributed by atoms with Gasteiger partial charge in [0.15, 0.2) is 17.3 Å². The van der Waals surface area contributed by atoms with Crippen molar-refractivity contribution < 1.29 is 4.74 Å². The van der Waals surface area contributed by atoms with Gasteiger partial charge < -0.3 is 24.4 Å². The van der Waals surface area contributed by atoms with E-state index in [9.17, 15) is 0 Å². The maximum absolute atomic E-state index is 5.46. The summed E-state index contributed by atoms with van der Waals surface area (Å²) in [6, 6.07) is 8.94. The van der Waals surface area contributed by atoms with E-state index in [0.29, 0.717) is 0 Å². The molecule has 2 fully saturated rings. The lowest BCUT2D eigenvalue weighted by atomic mass is 10.1. The van der Waals surface area contributed by atoms with Gasteiger partial charge in [0.25, 0.3) is 0 Å². The Bertz CT molecular complexity index is 1080. The fourth-order valence-corrected chi connectivity index (χ4v) is 4.59. The first kappa shape index (κ1) is 23.0. The van der Waals surface area contributed by atoms with Crippen LogP contribution in [-0.4, -0.2) is 102 Å². The Hall–Kier alpha value is -2.75. The summed E-state index contributed by atoms with van der Waals surface area (Å²) in [5, 5.41) is 3.54. The summed E-state index contributed by atoms with van der Waals surface area (Å²) in [7, 11) is 2.18. The van der Waals surface area contributed by atoms with Crippen LogP contribution >= 0.6 is 0 Å². The number of anilines is 2. The third kappa shape index (κ3) is 5.01. The smallest absolute Gasteiger partial charge is 0.166 e.